The number of amides is 2. The summed E-state index contributed by atoms with van der Waals surface area (Å²) in [6.07, 6.45) is 3.96. The number of H-pyrrole nitrogens is 1. The number of likely N-dealkylation sites (tertiary alicyclic amines) is 1. The van der Waals surface area contributed by atoms with Crippen LogP contribution < -0.4 is 0 Å². The molecule has 2 aliphatic rings. The van der Waals surface area contributed by atoms with Gasteiger partial charge in [-0.05, 0) is 25.8 Å². The van der Waals surface area contributed by atoms with Gasteiger partial charge >= 0.3 is 5.97 Å². The van der Waals surface area contributed by atoms with Gasteiger partial charge in [0.25, 0.3) is 0 Å². The van der Waals surface area contributed by atoms with E-state index in [9.17, 15) is 19.2 Å². The summed E-state index contributed by atoms with van der Waals surface area (Å²) in [6, 6.07) is 7.40. The Morgan fingerprint density at radius 2 is 1.79 bits per heavy atom. The topological polar surface area (TPSA) is 96.5 Å². The molecule has 1 aliphatic carbocycles. The Bertz CT molecular complexity index is 954. The summed E-state index contributed by atoms with van der Waals surface area (Å²) in [4.78, 5) is 54.1. The minimum Gasteiger partial charge on any atom is -0.454 e. The van der Waals surface area contributed by atoms with E-state index in [-0.39, 0.29) is 42.4 Å². The molecule has 1 saturated heterocycles. The number of hydrogen-bond donors (Lipinski definition) is 1. The van der Waals surface area contributed by atoms with Crippen LogP contribution in [-0.4, -0.2) is 46.1 Å². The van der Waals surface area contributed by atoms with Crippen molar-refractivity contribution in [3.63, 3.8) is 0 Å². The van der Waals surface area contributed by atoms with Gasteiger partial charge < -0.3 is 9.72 Å². The van der Waals surface area contributed by atoms with E-state index in [2.05, 4.69) is 4.98 Å². The number of fused-ring (bicyclic) bond motifs is 2. The van der Waals surface area contributed by atoms with E-state index in [1.54, 1.807) is 6.20 Å². The van der Waals surface area contributed by atoms with Crippen molar-refractivity contribution in [2.24, 2.45) is 11.8 Å². The zero-order chi connectivity index (χ0) is 20.5. The maximum atomic E-state index is 12.7. The Kier molecular flexibility index (Phi) is 5.22. The number of hydrogen-bond acceptors (Lipinski definition) is 5. The molecule has 0 unspecified atom stereocenters. The molecular formula is C22H24N2O5. The quantitative estimate of drug-likeness (QED) is 0.460. The van der Waals surface area contributed by atoms with Crippen LogP contribution in [0.4, 0.5) is 0 Å². The van der Waals surface area contributed by atoms with Gasteiger partial charge in [-0.1, -0.05) is 31.0 Å². The smallest absolute Gasteiger partial charge is 0.308 e. The molecule has 1 aromatic carbocycles. The van der Waals surface area contributed by atoms with Crippen molar-refractivity contribution in [2.75, 3.05) is 6.54 Å². The Labute approximate surface area is 168 Å². The van der Waals surface area contributed by atoms with Gasteiger partial charge in [-0.15, -0.1) is 0 Å². The lowest BCUT2D eigenvalue weighted by Gasteiger charge is -2.19. The lowest BCUT2D eigenvalue weighted by Crippen LogP contribution is -2.34. The van der Waals surface area contributed by atoms with Gasteiger partial charge in [0.2, 0.25) is 17.6 Å². The number of para-hydroxylation sites is 1. The second-order valence-corrected chi connectivity index (χ2v) is 7.82. The van der Waals surface area contributed by atoms with Crippen LogP contribution in [0.25, 0.3) is 10.9 Å². The third-order valence-corrected chi connectivity index (χ3v) is 6.00. The second-order valence-electron chi connectivity index (χ2n) is 7.82. The molecule has 2 amide bonds. The average molecular weight is 396 g/mol. The minimum atomic E-state index is -0.950. The molecule has 2 fully saturated rings. The third-order valence-electron chi connectivity index (χ3n) is 6.00. The number of imide groups is 1. The number of Topliss-reactive ketones (excluding diaryl/α,β-unsaturated/α-hetero) is 1. The summed E-state index contributed by atoms with van der Waals surface area (Å²) in [5, 5.41) is 0.774. The van der Waals surface area contributed by atoms with E-state index in [0.29, 0.717) is 5.56 Å². The molecule has 0 radical (unpaired) electrons. The number of carbonyl (C=O) groups is 4. The van der Waals surface area contributed by atoms with Gasteiger partial charge in [0.15, 0.2) is 6.10 Å². The number of esters is 1. The summed E-state index contributed by atoms with van der Waals surface area (Å²) < 4.78 is 5.28. The monoisotopic (exact) mass is 396 g/mol. The van der Waals surface area contributed by atoms with Crippen molar-refractivity contribution in [2.45, 2.75) is 45.1 Å². The average Bonchev–Trinajstić information content (AvgIpc) is 3.26. The van der Waals surface area contributed by atoms with Crippen LogP contribution >= 0.6 is 0 Å². The van der Waals surface area contributed by atoms with E-state index in [0.717, 1.165) is 36.6 Å². The standard InChI is InChI=1S/C22H24N2O5/c1-13(20(26)17-12-23-18-9-5-4-6-14(17)18)29-19(25)10-11-24-21(27)15-7-2-3-8-16(15)22(24)28/h4-6,9,12-13,15-16,23H,2-3,7-8,10-11H2,1H3/t13-,15+,16+/m1/s1. The first-order valence-electron chi connectivity index (χ1n) is 10.1. The van der Waals surface area contributed by atoms with Crippen LogP contribution in [0.5, 0.6) is 0 Å². The van der Waals surface area contributed by atoms with Crippen molar-refractivity contribution in [1.82, 2.24) is 9.88 Å². The SMILES string of the molecule is C[C@@H](OC(=O)CCN1C(=O)[C@H]2CCCC[C@@H]2C1=O)C(=O)c1c[nH]c2ccccc12. The summed E-state index contributed by atoms with van der Waals surface area (Å²) in [5.41, 5.74) is 1.30. The summed E-state index contributed by atoms with van der Waals surface area (Å²) in [5.74, 6) is -1.69. The van der Waals surface area contributed by atoms with Gasteiger partial charge in [-0.2, -0.15) is 0 Å². The van der Waals surface area contributed by atoms with E-state index < -0.39 is 12.1 Å². The first kappa shape index (κ1) is 19.4. The van der Waals surface area contributed by atoms with E-state index >= 15 is 0 Å². The van der Waals surface area contributed by atoms with Gasteiger partial charge in [0.05, 0.1) is 18.3 Å². The molecule has 4 rings (SSSR count). The first-order valence-corrected chi connectivity index (χ1v) is 10.1. The zero-order valence-corrected chi connectivity index (χ0v) is 16.3. The molecule has 0 bridgehead atoms. The number of rotatable bonds is 6. The number of ketones is 1. The van der Waals surface area contributed by atoms with Crippen molar-refractivity contribution in [3.8, 4) is 0 Å². The predicted molar refractivity (Wildman–Crippen MR) is 105 cm³/mol. The van der Waals surface area contributed by atoms with Crippen LogP contribution in [0.2, 0.25) is 0 Å². The highest BCUT2D eigenvalue weighted by Crippen LogP contribution is 2.38. The molecule has 29 heavy (non-hydrogen) atoms. The Balaban J connectivity index is 1.34. The van der Waals surface area contributed by atoms with Crippen molar-refractivity contribution >= 4 is 34.5 Å². The number of carbonyl (C=O) groups excluding carboxylic acids is 4. The molecule has 1 aliphatic heterocycles. The fraction of sp³-hybridized carbons (Fsp3) is 0.455. The number of nitrogens with zero attached hydrogens (tertiary/aromatic N) is 1. The summed E-state index contributed by atoms with van der Waals surface area (Å²) >= 11 is 0. The normalized spacial score (nSPS) is 22.6. The molecule has 2 aromatic rings. The second kappa shape index (κ2) is 7.81. The van der Waals surface area contributed by atoms with Gasteiger partial charge in [-0.3, -0.25) is 24.1 Å². The molecule has 152 valence electrons. The first-order chi connectivity index (χ1) is 14.0. The molecule has 0 spiro atoms. The predicted octanol–water partition coefficient (Wildman–Crippen LogP) is 2.85. The van der Waals surface area contributed by atoms with Crippen molar-refractivity contribution < 1.29 is 23.9 Å². The van der Waals surface area contributed by atoms with E-state index in [1.165, 1.54) is 11.8 Å². The van der Waals surface area contributed by atoms with Crippen LogP contribution in [0.1, 0.15) is 49.4 Å². The summed E-state index contributed by atoms with van der Waals surface area (Å²) in [6.45, 7) is 1.54. The van der Waals surface area contributed by atoms with Crippen LogP contribution in [0.3, 0.4) is 0 Å². The van der Waals surface area contributed by atoms with Crippen LogP contribution in [-0.2, 0) is 19.1 Å². The number of aromatic nitrogens is 1. The number of ether oxygens (including phenoxy) is 1. The molecule has 1 N–H and O–H groups in total. The van der Waals surface area contributed by atoms with Gasteiger partial charge in [0.1, 0.15) is 0 Å². The lowest BCUT2D eigenvalue weighted by molar-refractivity contribution is -0.147. The van der Waals surface area contributed by atoms with Gasteiger partial charge in [0, 0.05) is 29.2 Å². The highest BCUT2D eigenvalue weighted by Gasteiger charge is 2.47. The molecule has 3 atom stereocenters. The highest BCUT2D eigenvalue weighted by molar-refractivity contribution is 6.10. The molecular weight excluding hydrogens is 372 g/mol. The number of aromatic amines is 1. The largest absolute Gasteiger partial charge is 0.454 e. The number of nitrogens with one attached hydrogen (secondary N) is 1. The fourth-order valence-corrected chi connectivity index (χ4v) is 4.46. The summed E-state index contributed by atoms with van der Waals surface area (Å²) in [7, 11) is 0. The van der Waals surface area contributed by atoms with Crippen molar-refractivity contribution in [1.29, 1.82) is 0 Å². The minimum absolute atomic E-state index is 0.0114. The molecule has 2 heterocycles. The Morgan fingerprint density at radius 3 is 2.48 bits per heavy atom. The van der Waals surface area contributed by atoms with E-state index in [1.807, 2.05) is 24.3 Å². The number of benzene rings is 1. The third kappa shape index (κ3) is 3.57. The van der Waals surface area contributed by atoms with E-state index in [4.69, 9.17) is 4.74 Å². The van der Waals surface area contributed by atoms with Crippen molar-refractivity contribution in [3.05, 3.63) is 36.0 Å². The maximum Gasteiger partial charge on any atom is 0.308 e. The maximum absolute atomic E-state index is 12.7. The molecule has 7 heteroatoms. The fourth-order valence-electron chi connectivity index (χ4n) is 4.46. The lowest BCUT2D eigenvalue weighted by atomic mass is 9.81. The molecule has 1 saturated carbocycles. The zero-order valence-electron chi connectivity index (χ0n) is 16.3. The molecule has 7 nitrogen and oxygen atoms in total. The Hall–Kier alpha value is -2.96. The Morgan fingerprint density at radius 1 is 1.14 bits per heavy atom. The highest BCUT2D eigenvalue weighted by atomic mass is 16.5. The molecule has 1 aromatic heterocycles. The van der Waals surface area contributed by atoms with Gasteiger partial charge in [-0.25, -0.2) is 0 Å². The van der Waals surface area contributed by atoms with Crippen LogP contribution in [0, 0.1) is 11.8 Å². The van der Waals surface area contributed by atoms with Crippen LogP contribution in [0.15, 0.2) is 30.5 Å².